The van der Waals surface area contributed by atoms with E-state index in [0.717, 1.165) is 12.2 Å². The van der Waals surface area contributed by atoms with E-state index in [4.69, 9.17) is 10.2 Å². The highest BCUT2D eigenvalue weighted by Gasteiger charge is 1.85. The lowest BCUT2D eigenvalue weighted by Crippen LogP contribution is -1.82. The SMILES string of the molecule is C1=CCCC1.C1=CCCC1.C=CC(=O)O.C=CC(=O)O. The molecule has 0 aromatic heterocycles. The fourth-order valence-electron chi connectivity index (χ4n) is 1.18. The molecule has 2 rings (SSSR count). The summed E-state index contributed by atoms with van der Waals surface area (Å²) in [5, 5.41) is 15.2. The van der Waals surface area contributed by atoms with Gasteiger partial charge in [-0.2, -0.15) is 0 Å². The Hall–Kier alpha value is -2.10. The molecule has 0 unspecified atom stereocenters. The van der Waals surface area contributed by atoms with Crippen molar-refractivity contribution in [1.82, 2.24) is 0 Å². The maximum atomic E-state index is 9.25. The standard InChI is InChI=1S/2C5H8.2C3H4O2/c2*1-2-4-5-3-1;2*1-2-3(4)5/h2*1-2H,3-5H2;2*2H,1H2,(H,4,5). The highest BCUT2D eigenvalue weighted by molar-refractivity contribution is 5.79. The minimum atomic E-state index is -0.981. The third kappa shape index (κ3) is 24.9. The van der Waals surface area contributed by atoms with Gasteiger partial charge in [-0.1, -0.05) is 37.5 Å². The summed E-state index contributed by atoms with van der Waals surface area (Å²) in [5.41, 5.74) is 0. The van der Waals surface area contributed by atoms with Crippen molar-refractivity contribution in [3.8, 4) is 0 Å². The first kappa shape index (κ1) is 20.2. The minimum absolute atomic E-state index is 0.833. The summed E-state index contributed by atoms with van der Waals surface area (Å²) >= 11 is 0. The molecule has 112 valence electrons. The van der Waals surface area contributed by atoms with Gasteiger partial charge in [0.05, 0.1) is 0 Å². The van der Waals surface area contributed by atoms with E-state index in [9.17, 15) is 9.59 Å². The van der Waals surface area contributed by atoms with Crippen LogP contribution in [0.5, 0.6) is 0 Å². The van der Waals surface area contributed by atoms with Crippen molar-refractivity contribution in [3.05, 3.63) is 49.6 Å². The molecule has 4 heteroatoms. The summed E-state index contributed by atoms with van der Waals surface area (Å²) in [4.78, 5) is 18.5. The molecule has 0 saturated carbocycles. The topological polar surface area (TPSA) is 74.6 Å². The van der Waals surface area contributed by atoms with E-state index in [2.05, 4.69) is 37.5 Å². The molecule has 4 nitrogen and oxygen atoms in total. The van der Waals surface area contributed by atoms with Crippen LogP contribution in [0.3, 0.4) is 0 Å². The Morgan fingerprint density at radius 2 is 0.950 bits per heavy atom. The van der Waals surface area contributed by atoms with E-state index < -0.39 is 11.9 Å². The number of hydrogen-bond donors (Lipinski definition) is 2. The third-order valence-electron chi connectivity index (χ3n) is 2.17. The van der Waals surface area contributed by atoms with Gasteiger partial charge in [-0.05, 0) is 38.5 Å². The third-order valence-corrected chi connectivity index (χ3v) is 2.17. The van der Waals surface area contributed by atoms with E-state index >= 15 is 0 Å². The number of rotatable bonds is 2. The summed E-state index contributed by atoms with van der Waals surface area (Å²) in [5.74, 6) is -1.96. The molecule has 20 heavy (non-hydrogen) atoms. The van der Waals surface area contributed by atoms with Crippen LogP contribution in [0.1, 0.15) is 38.5 Å². The van der Waals surface area contributed by atoms with Crippen LogP contribution >= 0.6 is 0 Å². The summed E-state index contributed by atoms with van der Waals surface area (Å²) < 4.78 is 0. The molecule has 0 amide bonds. The quantitative estimate of drug-likeness (QED) is 0.593. The van der Waals surface area contributed by atoms with Crippen molar-refractivity contribution in [2.45, 2.75) is 38.5 Å². The molecule has 0 aromatic rings. The maximum absolute atomic E-state index is 9.25. The normalized spacial score (nSPS) is 13.6. The minimum Gasteiger partial charge on any atom is -0.478 e. The van der Waals surface area contributed by atoms with Gasteiger partial charge in [0.2, 0.25) is 0 Å². The molecule has 0 heterocycles. The van der Waals surface area contributed by atoms with Crippen LogP contribution in [0.15, 0.2) is 49.6 Å². The average Bonchev–Trinajstić information content (AvgIpc) is 3.16. The highest BCUT2D eigenvalue weighted by Crippen LogP contribution is 2.05. The predicted octanol–water partition coefficient (Wildman–Crippen LogP) is 3.97. The van der Waals surface area contributed by atoms with Gasteiger partial charge in [0.1, 0.15) is 0 Å². The van der Waals surface area contributed by atoms with Gasteiger partial charge in [-0.15, -0.1) is 0 Å². The van der Waals surface area contributed by atoms with Crippen molar-refractivity contribution in [1.29, 1.82) is 0 Å². The van der Waals surface area contributed by atoms with Crippen LogP contribution in [0, 0.1) is 0 Å². The number of hydrogen-bond acceptors (Lipinski definition) is 2. The predicted molar refractivity (Wildman–Crippen MR) is 81.6 cm³/mol. The van der Waals surface area contributed by atoms with E-state index in [-0.39, 0.29) is 0 Å². The molecular weight excluding hydrogens is 256 g/mol. The van der Waals surface area contributed by atoms with E-state index in [1.165, 1.54) is 38.5 Å². The number of carbonyl (C=O) groups is 2. The second-order valence-electron chi connectivity index (χ2n) is 3.89. The largest absolute Gasteiger partial charge is 0.478 e. The molecule has 0 radical (unpaired) electrons. The Morgan fingerprint density at radius 3 is 1.00 bits per heavy atom. The summed E-state index contributed by atoms with van der Waals surface area (Å²) in [6.07, 6.45) is 18.7. The van der Waals surface area contributed by atoms with Crippen molar-refractivity contribution in [2.75, 3.05) is 0 Å². The molecule has 0 atom stereocenters. The van der Waals surface area contributed by atoms with Crippen molar-refractivity contribution in [2.24, 2.45) is 0 Å². The molecule has 0 fully saturated rings. The van der Waals surface area contributed by atoms with Crippen LogP contribution in [-0.2, 0) is 9.59 Å². The van der Waals surface area contributed by atoms with E-state index in [1.807, 2.05) is 0 Å². The molecule has 0 saturated heterocycles. The second-order valence-corrected chi connectivity index (χ2v) is 3.89. The van der Waals surface area contributed by atoms with E-state index in [0.29, 0.717) is 0 Å². The van der Waals surface area contributed by atoms with Gasteiger partial charge in [0, 0.05) is 12.2 Å². The first-order chi connectivity index (χ1) is 9.54. The Balaban J connectivity index is 0. The number of aliphatic carboxylic acids is 2. The van der Waals surface area contributed by atoms with Crippen LogP contribution in [0.2, 0.25) is 0 Å². The molecule has 2 N–H and O–H groups in total. The Bertz CT molecular complexity index is 294. The average molecular weight is 280 g/mol. The van der Waals surface area contributed by atoms with Crippen molar-refractivity contribution in [3.63, 3.8) is 0 Å². The van der Waals surface area contributed by atoms with Crippen LogP contribution in [0.4, 0.5) is 0 Å². The van der Waals surface area contributed by atoms with Crippen LogP contribution in [-0.4, -0.2) is 22.2 Å². The first-order valence-electron chi connectivity index (χ1n) is 6.55. The Labute approximate surface area is 120 Å². The lowest BCUT2D eigenvalue weighted by molar-refractivity contribution is -0.132. The fourth-order valence-corrected chi connectivity index (χ4v) is 1.18. The lowest BCUT2D eigenvalue weighted by atomic mass is 10.4. The van der Waals surface area contributed by atoms with Gasteiger partial charge in [-0.3, -0.25) is 0 Å². The molecule has 0 aliphatic heterocycles. The maximum Gasteiger partial charge on any atom is 0.327 e. The molecule has 2 aliphatic rings. The number of carboxylic acids is 2. The summed E-state index contributed by atoms with van der Waals surface area (Å²) in [6, 6.07) is 0. The van der Waals surface area contributed by atoms with Gasteiger partial charge in [-0.25, -0.2) is 9.59 Å². The Kier molecular flexibility index (Phi) is 17.1. The van der Waals surface area contributed by atoms with Gasteiger partial charge in [0.25, 0.3) is 0 Å². The van der Waals surface area contributed by atoms with E-state index in [1.54, 1.807) is 0 Å². The van der Waals surface area contributed by atoms with Gasteiger partial charge >= 0.3 is 11.9 Å². The highest BCUT2D eigenvalue weighted by atomic mass is 16.4. The molecule has 0 bridgehead atoms. The first-order valence-corrected chi connectivity index (χ1v) is 6.55. The second kappa shape index (κ2) is 16.9. The number of allylic oxidation sites excluding steroid dienone is 4. The van der Waals surface area contributed by atoms with Crippen LogP contribution < -0.4 is 0 Å². The van der Waals surface area contributed by atoms with Crippen molar-refractivity contribution >= 4 is 11.9 Å². The zero-order valence-electron chi connectivity index (χ0n) is 11.8. The van der Waals surface area contributed by atoms with Crippen LogP contribution in [0.25, 0.3) is 0 Å². The molecule has 0 spiro atoms. The van der Waals surface area contributed by atoms with Crippen molar-refractivity contribution < 1.29 is 19.8 Å². The zero-order valence-corrected chi connectivity index (χ0v) is 11.8. The molecule has 2 aliphatic carbocycles. The molecular formula is C16H24O4. The molecule has 0 aromatic carbocycles. The summed E-state index contributed by atoms with van der Waals surface area (Å²) in [6.45, 7) is 5.92. The monoisotopic (exact) mass is 280 g/mol. The summed E-state index contributed by atoms with van der Waals surface area (Å²) in [7, 11) is 0. The van der Waals surface area contributed by atoms with Gasteiger partial charge < -0.3 is 10.2 Å². The number of carboxylic acid groups (broad SMARTS) is 2. The lowest BCUT2D eigenvalue weighted by Gasteiger charge is -1.69. The fraction of sp³-hybridized carbons (Fsp3) is 0.375. The Morgan fingerprint density at radius 1 is 0.750 bits per heavy atom. The van der Waals surface area contributed by atoms with Gasteiger partial charge in [0.15, 0.2) is 0 Å². The smallest absolute Gasteiger partial charge is 0.327 e. The zero-order chi connectivity index (χ0) is 15.6.